The standard InChI is InChI=1S/C22H25N3O3/c26-21-15-25(22(27)19-6-2-1-3-7-19)14-20(28-16-17-8-9-17)13-24(21)12-18-5-4-10-23-11-18/h1-7,10-11,17,20H,8-9,12-16H2. The van der Waals surface area contributed by atoms with Gasteiger partial charge in [-0.25, -0.2) is 0 Å². The van der Waals surface area contributed by atoms with Gasteiger partial charge in [-0.1, -0.05) is 24.3 Å². The van der Waals surface area contributed by atoms with Gasteiger partial charge < -0.3 is 14.5 Å². The maximum Gasteiger partial charge on any atom is 0.254 e. The average molecular weight is 379 g/mol. The van der Waals surface area contributed by atoms with Crippen LogP contribution in [0.25, 0.3) is 0 Å². The van der Waals surface area contributed by atoms with Crippen molar-refractivity contribution in [2.24, 2.45) is 5.92 Å². The predicted molar refractivity (Wildman–Crippen MR) is 104 cm³/mol. The highest BCUT2D eigenvalue weighted by molar-refractivity contribution is 5.96. The number of pyridine rings is 1. The molecule has 0 N–H and O–H groups in total. The molecule has 4 rings (SSSR count). The van der Waals surface area contributed by atoms with E-state index in [1.807, 2.05) is 30.3 Å². The first kappa shape index (κ1) is 18.6. The SMILES string of the molecule is O=C1CN(C(=O)c2ccccc2)CC(OCC2CC2)CN1Cc1cccnc1. The molecular weight excluding hydrogens is 354 g/mol. The zero-order chi connectivity index (χ0) is 19.3. The molecule has 2 amide bonds. The van der Waals surface area contributed by atoms with Crippen molar-refractivity contribution < 1.29 is 14.3 Å². The molecule has 2 aliphatic rings. The minimum Gasteiger partial charge on any atom is -0.374 e. The van der Waals surface area contributed by atoms with Crippen molar-refractivity contribution in [2.45, 2.75) is 25.5 Å². The maximum atomic E-state index is 12.9. The summed E-state index contributed by atoms with van der Waals surface area (Å²) in [7, 11) is 0. The number of nitrogens with zero attached hydrogens (tertiary/aromatic N) is 3. The molecule has 1 aliphatic heterocycles. The van der Waals surface area contributed by atoms with Crippen LogP contribution >= 0.6 is 0 Å². The van der Waals surface area contributed by atoms with Crippen LogP contribution in [0, 0.1) is 5.92 Å². The van der Waals surface area contributed by atoms with Crippen molar-refractivity contribution in [3.8, 4) is 0 Å². The molecule has 1 saturated carbocycles. The highest BCUT2D eigenvalue weighted by atomic mass is 16.5. The van der Waals surface area contributed by atoms with E-state index in [4.69, 9.17) is 4.74 Å². The normalized spacial score (nSPS) is 20.1. The number of hydrogen-bond acceptors (Lipinski definition) is 4. The molecule has 0 bridgehead atoms. The molecule has 0 spiro atoms. The van der Waals surface area contributed by atoms with Crippen molar-refractivity contribution in [1.29, 1.82) is 0 Å². The fraction of sp³-hybridized carbons (Fsp3) is 0.409. The molecule has 146 valence electrons. The van der Waals surface area contributed by atoms with E-state index in [0.29, 0.717) is 37.7 Å². The number of amides is 2. The van der Waals surface area contributed by atoms with Crippen molar-refractivity contribution in [3.05, 3.63) is 66.0 Å². The van der Waals surface area contributed by atoms with Crippen LogP contribution in [0.15, 0.2) is 54.9 Å². The number of hydrogen-bond donors (Lipinski definition) is 0. The van der Waals surface area contributed by atoms with E-state index in [1.54, 1.807) is 34.3 Å². The fourth-order valence-electron chi connectivity index (χ4n) is 3.42. The third-order valence-corrected chi connectivity index (χ3v) is 5.20. The zero-order valence-electron chi connectivity index (χ0n) is 15.9. The number of carbonyl (C=O) groups excluding carboxylic acids is 2. The van der Waals surface area contributed by atoms with Gasteiger partial charge in [0.2, 0.25) is 5.91 Å². The van der Waals surface area contributed by atoms with Gasteiger partial charge in [-0.3, -0.25) is 14.6 Å². The van der Waals surface area contributed by atoms with Gasteiger partial charge in [0.25, 0.3) is 5.91 Å². The first-order valence-corrected chi connectivity index (χ1v) is 9.81. The number of carbonyl (C=O) groups is 2. The summed E-state index contributed by atoms with van der Waals surface area (Å²) in [6.07, 6.45) is 5.72. The summed E-state index contributed by atoms with van der Waals surface area (Å²) in [5, 5.41) is 0. The fourth-order valence-corrected chi connectivity index (χ4v) is 3.42. The Labute approximate surface area is 165 Å². The topological polar surface area (TPSA) is 62.7 Å². The highest BCUT2D eigenvalue weighted by Gasteiger charge is 2.32. The lowest BCUT2D eigenvalue weighted by Crippen LogP contribution is -2.39. The second-order valence-corrected chi connectivity index (χ2v) is 7.59. The van der Waals surface area contributed by atoms with Gasteiger partial charge in [-0.2, -0.15) is 0 Å². The van der Waals surface area contributed by atoms with Gasteiger partial charge in [0, 0.05) is 44.2 Å². The molecule has 6 nitrogen and oxygen atoms in total. The number of ether oxygens (including phenoxy) is 1. The van der Waals surface area contributed by atoms with Gasteiger partial charge in [-0.15, -0.1) is 0 Å². The smallest absolute Gasteiger partial charge is 0.254 e. The Bertz CT molecular complexity index is 808. The Hall–Kier alpha value is -2.73. The Morgan fingerprint density at radius 2 is 1.93 bits per heavy atom. The van der Waals surface area contributed by atoms with Crippen molar-refractivity contribution in [3.63, 3.8) is 0 Å². The second kappa shape index (κ2) is 8.52. The zero-order valence-corrected chi connectivity index (χ0v) is 15.9. The molecule has 2 heterocycles. The van der Waals surface area contributed by atoms with E-state index in [-0.39, 0.29) is 24.5 Å². The summed E-state index contributed by atoms with van der Waals surface area (Å²) in [5.74, 6) is 0.437. The second-order valence-electron chi connectivity index (χ2n) is 7.59. The lowest BCUT2D eigenvalue weighted by molar-refractivity contribution is -0.132. The molecule has 6 heteroatoms. The van der Waals surface area contributed by atoms with Crippen LogP contribution in [-0.4, -0.2) is 58.9 Å². The molecule has 2 aromatic rings. The van der Waals surface area contributed by atoms with E-state index in [9.17, 15) is 9.59 Å². The van der Waals surface area contributed by atoms with Gasteiger partial charge in [-0.05, 0) is 42.5 Å². The summed E-state index contributed by atoms with van der Waals surface area (Å²) in [4.78, 5) is 33.4. The molecule has 1 unspecified atom stereocenters. The molecule has 2 fully saturated rings. The van der Waals surface area contributed by atoms with E-state index in [1.165, 1.54) is 12.8 Å². The minimum atomic E-state index is -0.184. The molecule has 1 aromatic carbocycles. The third-order valence-electron chi connectivity index (χ3n) is 5.20. The van der Waals surface area contributed by atoms with Gasteiger partial charge >= 0.3 is 0 Å². The average Bonchev–Trinajstić information content (AvgIpc) is 3.56. The lowest BCUT2D eigenvalue weighted by atomic mass is 10.2. The third kappa shape index (κ3) is 4.75. The Morgan fingerprint density at radius 1 is 1.11 bits per heavy atom. The first-order valence-electron chi connectivity index (χ1n) is 9.81. The summed E-state index contributed by atoms with van der Waals surface area (Å²) < 4.78 is 6.12. The van der Waals surface area contributed by atoms with Crippen molar-refractivity contribution >= 4 is 11.8 Å². The molecule has 1 aromatic heterocycles. The van der Waals surface area contributed by atoms with Crippen LogP contribution in [0.5, 0.6) is 0 Å². The lowest BCUT2D eigenvalue weighted by Gasteiger charge is -2.25. The highest BCUT2D eigenvalue weighted by Crippen LogP contribution is 2.29. The predicted octanol–water partition coefficient (Wildman–Crippen LogP) is 2.36. The van der Waals surface area contributed by atoms with Crippen LogP contribution < -0.4 is 0 Å². The van der Waals surface area contributed by atoms with Crippen LogP contribution in [0.4, 0.5) is 0 Å². The quantitative estimate of drug-likeness (QED) is 0.773. The Balaban J connectivity index is 1.51. The number of aromatic nitrogens is 1. The van der Waals surface area contributed by atoms with E-state index in [0.717, 1.165) is 5.56 Å². The van der Waals surface area contributed by atoms with Crippen LogP contribution in [0.3, 0.4) is 0 Å². The summed E-state index contributed by atoms with van der Waals surface area (Å²) in [6.45, 7) is 2.16. The van der Waals surface area contributed by atoms with Gasteiger partial charge in [0.05, 0.1) is 6.10 Å². The number of benzene rings is 1. The minimum absolute atomic E-state index is 0.0642. The molecule has 1 saturated heterocycles. The molecule has 0 radical (unpaired) electrons. The molecular formula is C22H25N3O3. The van der Waals surface area contributed by atoms with Crippen molar-refractivity contribution in [1.82, 2.24) is 14.8 Å². The van der Waals surface area contributed by atoms with E-state index >= 15 is 0 Å². The Kier molecular flexibility index (Phi) is 5.67. The van der Waals surface area contributed by atoms with Crippen LogP contribution in [0.1, 0.15) is 28.8 Å². The molecule has 1 atom stereocenters. The molecule has 28 heavy (non-hydrogen) atoms. The first-order chi connectivity index (χ1) is 13.7. The van der Waals surface area contributed by atoms with E-state index in [2.05, 4.69) is 4.98 Å². The maximum absolute atomic E-state index is 12.9. The largest absolute Gasteiger partial charge is 0.374 e. The van der Waals surface area contributed by atoms with E-state index < -0.39 is 0 Å². The monoisotopic (exact) mass is 379 g/mol. The van der Waals surface area contributed by atoms with Gasteiger partial charge in [0.1, 0.15) is 6.54 Å². The van der Waals surface area contributed by atoms with Crippen LogP contribution in [0.2, 0.25) is 0 Å². The molecule has 1 aliphatic carbocycles. The van der Waals surface area contributed by atoms with Crippen molar-refractivity contribution in [2.75, 3.05) is 26.2 Å². The summed E-state index contributed by atoms with van der Waals surface area (Å²) >= 11 is 0. The Morgan fingerprint density at radius 3 is 2.64 bits per heavy atom. The van der Waals surface area contributed by atoms with Gasteiger partial charge in [0.15, 0.2) is 0 Å². The van der Waals surface area contributed by atoms with Crippen LogP contribution in [-0.2, 0) is 16.1 Å². The summed E-state index contributed by atoms with van der Waals surface area (Å²) in [6, 6.07) is 12.9. The number of rotatable bonds is 6. The summed E-state index contributed by atoms with van der Waals surface area (Å²) in [5.41, 5.74) is 1.57.